The molecule has 6 nitrogen and oxygen atoms in total. The standard InChI is InChI=1S/C28H30ClN3O3S/c1-4-13-31(28(34)30-21-7-5-19(2)6-8-21)17-27(33)32-14-11-26-23(12-15-36-26)25(32)18-35-22-9-10-24(29)20(3)16-22/h4-10,12,15-16,25H,1,11,13-14,17-18H2,2-3H3,(H,30,34)/t25-/m0/s1. The number of amides is 3. The fourth-order valence-corrected chi connectivity index (χ4v) is 5.27. The van der Waals surface area contributed by atoms with Gasteiger partial charge in [0.1, 0.15) is 18.9 Å². The van der Waals surface area contributed by atoms with E-state index in [0.717, 1.165) is 23.1 Å². The van der Waals surface area contributed by atoms with Crippen LogP contribution >= 0.6 is 22.9 Å². The Labute approximate surface area is 221 Å². The van der Waals surface area contributed by atoms with Crippen molar-refractivity contribution in [2.75, 3.05) is 31.6 Å². The van der Waals surface area contributed by atoms with Gasteiger partial charge < -0.3 is 19.9 Å². The minimum absolute atomic E-state index is 0.0558. The van der Waals surface area contributed by atoms with Crippen molar-refractivity contribution in [1.29, 1.82) is 0 Å². The molecule has 0 spiro atoms. The van der Waals surface area contributed by atoms with Gasteiger partial charge in [-0.25, -0.2) is 4.79 Å². The average Bonchev–Trinajstić information content (AvgIpc) is 3.35. The maximum absolute atomic E-state index is 13.5. The van der Waals surface area contributed by atoms with Crippen molar-refractivity contribution >= 4 is 40.6 Å². The van der Waals surface area contributed by atoms with Crippen LogP contribution in [0.3, 0.4) is 0 Å². The lowest BCUT2D eigenvalue weighted by atomic mass is 10.0. The topological polar surface area (TPSA) is 61.9 Å². The molecule has 1 aromatic heterocycles. The van der Waals surface area contributed by atoms with E-state index in [1.54, 1.807) is 17.4 Å². The van der Waals surface area contributed by atoms with Gasteiger partial charge in [-0.05, 0) is 73.2 Å². The van der Waals surface area contributed by atoms with Crippen LogP contribution in [0.5, 0.6) is 5.75 Å². The summed E-state index contributed by atoms with van der Waals surface area (Å²) in [7, 11) is 0. The van der Waals surface area contributed by atoms with Crippen LogP contribution in [0.15, 0.2) is 66.6 Å². The molecule has 0 saturated carbocycles. The SMILES string of the molecule is C=CCN(CC(=O)N1CCc2sccc2[C@@H]1COc1ccc(Cl)c(C)c1)C(=O)Nc1ccc(C)cc1. The Kier molecular flexibility index (Phi) is 8.33. The Bertz CT molecular complexity index is 1240. The van der Waals surface area contributed by atoms with E-state index in [0.29, 0.717) is 29.6 Å². The Balaban J connectivity index is 1.48. The number of carbonyl (C=O) groups excluding carboxylic acids is 2. The van der Waals surface area contributed by atoms with Crippen LogP contribution in [0.25, 0.3) is 0 Å². The molecule has 2 heterocycles. The molecular formula is C28H30ClN3O3S. The monoisotopic (exact) mass is 523 g/mol. The third kappa shape index (κ3) is 6.09. The zero-order valence-corrected chi connectivity index (χ0v) is 22.1. The van der Waals surface area contributed by atoms with Crippen molar-refractivity contribution in [1.82, 2.24) is 9.80 Å². The second kappa shape index (κ2) is 11.6. The van der Waals surface area contributed by atoms with Gasteiger partial charge in [0.2, 0.25) is 5.91 Å². The molecule has 4 rings (SSSR count). The molecule has 0 radical (unpaired) electrons. The summed E-state index contributed by atoms with van der Waals surface area (Å²) in [6.45, 7) is 8.76. The number of anilines is 1. The first kappa shape index (κ1) is 25.8. The molecule has 2 aromatic carbocycles. The summed E-state index contributed by atoms with van der Waals surface area (Å²) in [6, 6.07) is 14.6. The van der Waals surface area contributed by atoms with Crippen molar-refractivity contribution in [3.05, 3.63) is 93.2 Å². The molecule has 8 heteroatoms. The maximum atomic E-state index is 13.5. The van der Waals surface area contributed by atoms with Crippen molar-refractivity contribution < 1.29 is 14.3 Å². The Morgan fingerprint density at radius 1 is 1.22 bits per heavy atom. The zero-order chi connectivity index (χ0) is 25.7. The van der Waals surface area contributed by atoms with E-state index >= 15 is 0 Å². The summed E-state index contributed by atoms with van der Waals surface area (Å²) in [6.07, 6.45) is 2.41. The molecule has 3 amide bonds. The summed E-state index contributed by atoms with van der Waals surface area (Å²) in [5.74, 6) is 0.575. The van der Waals surface area contributed by atoms with E-state index in [2.05, 4.69) is 23.3 Å². The molecule has 0 saturated heterocycles. The van der Waals surface area contributed by atoms with Gasteiger partial charge in [-0.1, -0.05) is 35.4 Å². The third-order valence-electron chi connectivity index (χ3n) is 6.22. The quantitative estimate of drug-likeness (QED) is 0.355. The van der Waals surface area contributed by atoms with Gasteiger partial charge >= 0.3 is 6.03 Å². The number of thiophene rings is 1. The van der Waals surface area contributed by atoms with Gasteiger partial charge in [-0.3, -0.25) is 4.79 Å². The highest BCUT2D eigenvalue weighted by Crippen LogP contribution is 2.34. The van der Waals surface area contributed by atoms with Crippen molar-refractivity contribution in [3.63, 3.8) is 0 Å². The molecule has 36 heavy (non-hydrogen) atoms. The third-order valence-corrected chi connectivity index (χ3v) is 7.64. The Morgan fingerprint density at radius 3 is 2.72 bits per heavy atom. The first-order chi connectivity index (χ1) is 17.4. The van der Waals surface area contributed by atoms with Gasteiger partial charge in [0.15, 0.2) is 0 Å². The van der Waals surface area contributed by atoms with Crippen molar-refractivity contribution in [3.8, 4) is 5.75 Å². The fourth-order valence-electron chi connectivity index (χ4n) is 4.23. The number of nitrogens with zero attached hydrogens (tertiary/aromatic N) is 2. The van der Waals surface area contributed by atoms with Gasteiger partial charge in [0.05, 0.1) is 6.04 Å². The number of hydrogen-bond donors (Lipinski definition) is 1. The van der Waals surface area contributed by atoms with E-state index in [1.807, 2.05) is 61.2 Å². The molecule has 0 unspecified atom stereocenters. The number of rotatable bonds is 8. The van der Waals surface area contributed by atoms with Crippen molar-refractivity contribution in [2.45, 2.75) is 26.3 Å². The summed E-state index contributed by atoms with van der Waals surface area (Å²) < 4.78 is 6.12. The molecule has 1 N–H and O–H groups in total. The van der Waals surface area contributed by atoms with Crippen LogP contribution in [0.2, 0.25) is 5.02 Å². The number of hydrogen-bond acceptors (Lipinski definition) is 4. The summed E-state index contributed by atoms with van der Waals surface area (Å²) in [4.78, 5) is 31.1. The molecule has 1 aliphatic rings. The van der Waals surface area contributed by atoms with Crippen LogP contribution in [0.1, 0.15) is 27.6 Å². The first-order valence-electron chi connectivity index (χ1n) is 11.8. The van der Waals surface area contributed by atoms with E-state index in [-0.39, 0.29) is 31.1 Å². The minimum Gasteiger partial charge on any atom is -0.491 e. The highest BCUT2D eigenvalue weighted by Gasteiger charge is 2.33. The number of ether oxygens (including phenoxy) is 1. The number of nitrogens with one attached hydrogen (secondary N) is 1. The number of carbonyl (C=O) groups is 2. The second-order valence-electron chi connectivity index (χ2n) is 8.84. The van der Waals surface area contributed by atoms with Crippen LogP contribution < -0.4 is 10.1 Å². The highest BCUT2D eigenvalue weighted by molar-refractivity contribution is 7.10. The first-order valence-corrected chi connectivity index (χ1v) is 13.1. The molecule has 0 fully saturated rings. The normalized spacial score (nSPS) is 14.6. The lowest BCUT2D eigenvalue weighted by molar-refractivity contribution is -0.135. The lowest BCUT2D eigenvalue weighted by Crippen LogP contribution is -2.48. The smallest absolute Gasteiger partial charge is 0.322 e. The minimum atomic E-state index is -0.343. The summed E-state index contributed by atoms with van der Waals surface area (Å²) in [5.41, 5.74) is 3.81. The van der Waals surface area contributed by atoms with Gasteiger partial charge in [0, 0.05) is 28.7 Å². The average molecular weight is 524 g/mol. The van der Waals surface area contributed by atoms with Crippen LogP contribution in [-0.2, 0) is 11.2 Å². The Hall–Kier alpha value is -3.29. The molecular weight excluding hydrogens is 494 g/mol. The molecule has 188 valence electrons. The van der Waals surface area contributed by atoms with Gasteiger partial charge in [-0.15, -0.1) is 17.9 Å². The van der Waals surface area contributed by atoms with E-state index in [4.69, 9.17) is 16.3 Å². The summed E-state index contributed by atoms with van der Waals surface area (Å²) >= 11 is 7.85. The van der Waals surface area contributed by atoms with Crippen LogP contribution in [0.4, 0.5) is 10.5 Å². The largest absolute Gasteiger partial charge is 0.491 e. The molecule has 1 aliphatic heterocycles. The van der Waals surface area contributed by atoms with Crippen LogP contribution in [-0.4, -0.2) is 48.0 Å². The Morgan fingerprint density at radius 2 is 2.00 bits per heavy atom. The predicted octanol–water partition coefficient (Wildman–Crippen LogP) is 6.24. The second-order valence-corrected chi connectivity index (χ2v) is 10.2. The van der Waals surface area contributed by atoms with Gasteiger partial charge in [0.25, 0.3) is 0 Å². The number of aryl methyl sites for hydroxylation is 2. The van der Waals surface area contributed by atoms with E-state index in [1.165, 1.54) is 9.78 Å². The predicted molar refractivity (Wildman–Crippen MR) is 146 cm³/mol. The van der Waals surface area contributed by atoms with Crippen molar-refractivity contribution in [2.24, 2.45) is 0 Å². The van der Waals surface area contributed by atoms with Gasteiger partial charge in [-0.2, -0.15) is 0 Å². The fraction of sp³-hybridized carbons (Fsp3) is 0.286. The zero-order valence-electron chi connectivity index (χ0n) is 20.5. The maximum Gasteiger partial charge on any atom is 0.322 e. The highest BCUT2D eigenvalue weighted by atomic mass is 35.5. The van der Waals surface area contributed by atoms with Crippen LogP contribution in [0, 0.1) is 13.8 Å². The molecule has 3 aromatic rings. The number of benzene rings is 2. The van der Waals surface area contributed by atoms with E-state index in [9.17, 15) is 9.59 Å². The number of fused-ring (bicyclic) bond motifs is 1. The number of urea groups is 1. The molecule has 1 atom stereocenters. The molecule has 0 bridgehead atoms. The lowest BCUT2D eigenvalue weighted by Gasteiger charge is -2.37. The summed E-state index contributed by atoms with van der Waals surface area (Å²) in [5, 5.41) is 5.61. The van der Waals surface area contributed by atoms with E-state index < -0.39 is 0 Å². The number of halogens is 1. The molecule has 0 aliphatic carbocycles.